The number of rotatable bonds is 6. The molecule has 17 heavy (non-hydrogen) atoms. The van der Waals surface area contributed by atoms with Crippen molar-refractivity contribution in [2.75, 3.05) is 0 Å². The predicted molar refractivity (Wildman–Crippen MR) is 71.7 cm³/mol. The summed E-state index contributed by atoms with van der Waals surface area (Å²) in [4.78, 5) is 5.39. The zero-order valence-electron chi connectivity index (χ0n) is 9.67. The van der Waals surface area contributed by atoms with Gasteiger partial charge in [-0.1, -0.05) is 6.07 Å². The highest BCUT2D eigenvalue weighted by molar-refractivity contribution is 7.09. The Morgan fingerprint density at radius 2 is 2.12 bits per heavy atom. The molecule has 1 unspecified atom stereocenters. The maximum Gasteiger partial charge on any atom is 0.0270 e. The number of hydrazine groups is 1. The molecule has 90 valence electrons. The molecule has 0 aliphatic heterocycles. The number of aryl methyl sites for hydroxylation is 1. The maximum absolute atomic E-state index is 5.60. The van der Waals surface area contributed by atoms with E-state index < -0.39 is 0 Å². The molecule has 0 amide bonds. The first-order valence-electron chi connectivity index (χ1n) is 5.76. The van der Waals surface area contributed by atoms with Crippen LogP contribution >= 0.6 is 11.3 Å². The van der Waals surface area contributed by atoms with Crippen molar-refractivity contribution in [3.05, 3.63) is 52.5 Å². The summed E-state index contributed by atoms with van der Waals surface area (Å²) in [5.74, 6) is 5.60. The Kier molecular flexibility index (Phi) is 4.67. The molecule has 3 nitrogen and oxygen atoms in total. The quantitative estimate of drug-likeness (QED) is 0.607. The molecule has 0 aromatic carbocycles. The number of thiophene rings is 1. The van der Waals surface area contributed by atoms with Gasteiger partial charge in [0, 0.05) is 23.3 Å². The minimum atomic E-state index is 0.335. The zero-order chi connectivity index (χ0) is 11.9. The van der Waals surface area contributed by atoms with E-state index >= 15 is 0 Å². The van der Waals surface area contributed by atoms with Gasteiger partial charge in [-0.05, 0) is 48.4 Å². The number of nitrogens with zero attached hydrogens (tertiary/aromatic N) is 1. The third kappa shape index (κ3) is 3.93. The number of hydrogen-bond acceptors (Lipinski definition) is 4. The largest absolute Gasteiger partial charge is 0.271 e. The zero-order valence-corrected chi connectivity index (χ0v) is 10.5. The van der Waals surface area contributed by atoms with Gasteiger partial charge >= 0.3 is 0 Å². The second kappa shape index (κ2) is 6.49. The maximum atomic E-state index is 5.60. The molecule has 0 spiro atoms. The van der Waals surface area contributed by atoms with Crippen LogP contribution in [0, 0.1) is 0 Å². The summed E-state index contributed by atoms with van der Waals surface area (Å²) >= 11 is 1.78. The molecular weight excluding hydrogens is 230 g/mol. The molecule has 0 aliphatic rings. The Labute approximate surface area is 106 Å². The Hall–Kier alpha value is -1.23. The molecule has 0 radical (unpaired) electrons. The van der Waals surface area contributed by atoms with Crippen molar-refractivity contribution in [3.63, 3.8) is 0 Å². The van der Waals surface area contributed by atoms with Crippen LogP contribution < -0.4 is 11.3 Å². The van der Waals surface area contributed by atoms with E-state index in [2.05, 4.69) is 40.1 Å². The summed E-state index contributed by atoms with van der Waals surface area (Å²) in [5.41, 5.74) is 4.21. The third-order valence-corrected chi connectivity index (χ3v) is 3.69. The van der Waals surface area contributed by atoms with Crippen LogP contribution in [0.25, 0.3) is 0 Å². The van der Waals surface area contributed by atoms with Crippen LogP contribution in [-0.2, 0) is 12.8 Å². The molecule has 2 aromatic rings. The van der Waals surface area contributed by atoms with Gasteiger partial charge in [-0.3, -0.25) is 16.3 Å². The van der Waals surface area contributed by atoms with Crippen LogP contribution in [0.3, 0.4) is 0 Å². The number of hydrogen-bond donors (Lipinski definition) is 2. The van der Waals surface area contributed by atoms with E-state index in [0.29, 0.717) is 6.04 Å². The van der Waals surface area contributed by atoms with E-state index in [4.69, 9.17) is 5.84 Å². The second-order valence-corrected chi connectivity index (χ2v) is 5.07. The van der Waals surface area contributed by atoms with Gasteiger partial charge in [0.15, 0.2) is 0 Å². The molecule has 0 bridgehead atoms. The minimum Gasteiger partial charge on any atom is -0.271 e. The van der Waals surface area contributed by atoms with Gasteiger partial charge in [-0.2, -0.15) is 0 Å². The van der Waals surface area contributed by atoms with E-state index in [9.17, 15) is 0 Å². The summed E-state index contributed by atoms with van der Waals surface area (Å²) < 4.78 is 0. The van der Waals surface area contributed by atoms with Crippen molar-refractivity contribution < 1.29 is 0 Å². The van der Waals surface area contributed by atoms with Crippen LogP contribution in [0.15, 0.2) is 42.0 Å². The Morgan fingerprint density at radius 3 is 2.76 bits per heavy atom. The lowest BCUT2D eigenvalue weighted by molar-refractivity contribution is 0.494. The average Bonchev–Trinajstić information content (AvgIpc) is 2.88. The number of nitrogens with one attached hydrogen (secondary N) is 1. The number of aromatic nitrogens is 1. The fourth-order valence-electron chi connectivity index (χ4n) is 1.81. The summed E-state index contributed by atoms with van der Waals surface area (Å²) in [6, 6.07) is 8.68. The topological polar surface area (TPSA) is 50.9 Å². The summed E-state index contributed by atoms with van der Waals surface area (Å²) in [6.45, 7) is 0. The molecule has 1 atom stereocenters. The standard InChI is InChI=1S/C13H17N3S/c14-16-12(10-13-2-1-9-17-13)4-3-11-5-7-15-8-6-11/h1-2,5-9,12,16H,3-4,10,14H2. The first-order valence-corrected chi connectivity index (χ1v) is 6.64. The van der Waals surface area contributed by atoms with E-state index in [1.54, 1.807) is 11.3 Å². The van der Waals surface area contributed by atoms with Gasteiger partial charge < -0.3 is 0 Å². The minimum absolute atomic E-state index is 0.335. The molecule has 0 saturated carbocycles. The fourth-order valence-corrected chi connectivity index (χ4v) is 2.59. The normalized spacial score (nSPS) is 12.5. The number of nitrogens with two attached hydrogens (primary N) is 1. The van der Waals surface area contributed by atoms with Crippen LogP contribution in [0.4, 0.5) is 0 Å². The fraction of sp³-hybridized carbons (Fsp3) is 0.308. The molecule has 4 heteroatoms. The molecule has 2 aromatic heterocycles. The van der Waals surface area contributed by atoms with Gasteiger partial charge in [0.05, 0.1) is 0 Å². The first-order chi connectivity index (χ1) is 8.38. The first kappa shape index (κ1) is 12.2. The van der Waals surface area contributed by atoms with Gasteiger partial charge in [0.25, 0.3) is 0 Å². The third-order valence-electron chi connectivity index (χ3n) is 2.79. The van der Waals surface area contributed by atoms with Crippen LogP contribution in [0.2, 0.25) is 0 Å². The summed E-state index contributed by atoms with van der Waals surface area (Å²) in [7, 11) is 0. The lowest BCUT2D eigenvalue weighted by atomic mass is 10.0. The van der Waals surface area contributed by atoms with Crippen molar-refractivity contribution in [3.8, 4) is 0 Å². The Morgan fingerprint density at radius 1 is 1.29 bits per heavy atom. The lowest BCUT2D eigenvalue weighted by Gasteiger charge is -2.14. The molecule has 0 saturated heterocycles. The molecule has 0 aliphatic carbocycles. The van der Waals surface area contributed by atoms with E-state index in [1.165, 1.54) is 10.4 Å². The van der Waals surface area contributed by atoms with Crippen molar-refractivity contribution in [2.45, 2.75) is 25.3 Å². The molecule has 2 rings (SSSR count). The average molecular weight is 247 g/mol. The number of pyridine rings is 1. The molecular formula is C13H17N3S. The molecule has 3 N–H and O–H groups in total. The van der Waals surface area contributed by atoms with Crippen molar-refractivity contribution in [1.82, 2.24) is 10.4 Å². The van der Waals surface area contributed by atoms with Gasteiger partial charge in [0.1, 0.15) is 0 Å². The van der Waals surface area contributed by atoms with Crippen LogP contribution in [0.1, 0.15) is 16.9 Å². The van der Waals surface area contributed by atoms with Crippen LogP contribution in [0.5, 0.6) is 0 Å². The summed E-state index contributed by atoms with van der Waals surface area (Å²) in [6.07, 6.45) is 6.74. The highest BCUT2D eigenvalue weighted by Gasteiger charge is 2.08. The highest BCUT2D eigenvalue weighted by atomic mass is 32.1. The van der Waals surface area contributed by atoms with Crippen molar-refractivity contribution in [1.29, 1.82) is 0 Å². The van der Waals surface area contributed by atoms with E-state index in [0.717, 1.165) is 19.3 Å². The Balaban J connectivity index is 1.84. The van der Waals surface area contributed by atoms with Gasteiger partial charge in [0.2, 0.25) is 0 Å². The smallest absolute Gasteiger partial charge is 0.0270 e. The predicted octanol–water partition coefficient (Wildman–Crippen LogP) is 2.15. The monoisotopic (exact) mass is 247 g/mol. The SMILES string of the molecule is NNC(CCc1ccncc1)Cc1cccs1. The van der Waals surface area contributed by atoms with E-state index in [-0.39, 0.29) is 0 Å². The highest BCUT2D eigenvalue weighted by Crippen LogP contribution is 2.13. The second-order valence-electron chi connectivity index (χ2n) is 4.04. The van der Waals surface area contributed by atoms with Gasteiger partial charge in [-0.25, -0.2) is 0 Å². The molecule has 0 fully saturated rings. The van der Waals surface area contributed by atoms with Gasteiger partial charge in [-0.15, -0.1) is 11.3 Å². The summed E-state index contributed by atoms with van der Waals surface area (Å²) in [5, 5.41) is 2.10. The van der Waals surface area contributed by atoms with Crippen molar-refractivity contribution in [2.24, 2.45) is 5.84 Å². The molecule has 2 heterocycles. The van der Waals surface area contributed by atoms with E-state index in [1.807, 2.05) is 12.4 Å². The lowest BCUT2D eigenvalue weighted by Crippen LogP contribution is -2.36. The van der Waals surface area contributed by atoms with Crippen LogP contribution in [-0.4, -0.2) is 11.0 Å². The Bertz CT molecular complexity index is 413. The van der Waals surface area contributed by atoms with Crippen molar-refractivity contribution >= 4 is 11.3 Å².